The van der Waals surface area contributed by atoms with E-state index in [0.717, 1.165) is 15.4 Å². The lowest BCUT2D eigenvalue weighted by Crippen LogP contribution is -2.39. The molecule has 6 nitrogen and oxygen atoms in total. The van der Waals surface area contributed by atoms with Crippen LogP contribution >= 0.6 is 0 Å². The van der Waals surface area contributed by atoms with E-state index in [1.165, 1.54) is 13.1 Å². The highest BCUT2D eigenvalue weighted by Gasteiger charge is 2.24. The fourth-order valence-electron chi connectivity index (χ4n) is 2.68. The van der Waals surface area contributed by atoms with Crippen LogP contribution in [0.25, 0.3) is 0 Å². The predicted molar refractivity (Wildman–Crippen MR) is 105 cm³/mol. The molecule has 7 heteroatoms. The summed E-state index contributed by atoms with van der Waals surface area (Å²) in [6.45, 7) is 5.76. The number of sulfonamides is 1. The van der Waals surface area contributed by atoms with Crippen LogP contribution in [0.15, 0.2) is 53.4 Å². The number of hydrogen-bond donors (Lipinski definition) is 1. The zero-order valence-electron chi connectivity index (χ0n) is 16.1. The van der Waals surface area contributed by atoms with Crippen LogP contribution in [-0.2, 0) is 14.8 Å². The van der Waals surface area contributed by atoms with Crippen LogP contribution in [0.5, 0.6) is 5.75 Å². The lowest BCUT2D eigenvalue weighted by Gasteiger charge is -2.20. The Balaban J connectivity index is 2.06. The quantitative estimate of drug-likeness (QED) is 0.752. The van der Waals surface area contributed by atoms with Gasteiger partial charge in [0.2, 0.25) is 15.9 Å². The standard InChI is InChI=1S/C20H26N2O4S/c1-5-26-19-12-11-18(13-15(19)2)27(24,25)22(4)14-20(23)21-16(3)17-9-7-6-8-10-17/h6-13,16H,5,14H2,1-4H3,(H,21,23)/t16-/m0/s1. The summed E-state index contributed by atoms with van der Waals surface area (Å²) in [5, 5.41) is 2.82. The number of nitrogens with zero attached hydrogens (tertiary/aromatic N) is 1. The Kier molecular flexibility index (Phi) is 6.98. The minimum absolute atomic E-state index is 0.134. The van der Waals surface area contributed by atoms with Gasteiger partial charge in [-0.2, -0.15) is 4.31 Å². The van der Waals surface area contributed by atoms with Crippen LogP contribution < -0.4 is 10.1 Å². The van der Waals surface area contributed by atoms with Crippen molar-refractivity contribution >= 4 is 15.9 Å². The molecule has 146 valence electrons. The highest BCUT2D eigenvalue weighted by molar-refractivity contribution is 7.89. The number of aryl methyl sites for hydroxylation is 1. The third kappa shape index (κ3) is 5.30. The average molecular weight is 391 g/mol. The summed E-state index contributed by atoms with van der Waals surface area (Å²) in [5.74, 6) is 0.286. The van der Waals surface area contributed by atoms with Crippen molar-refractivity contribution in [3.05, 3.63) is 59.7 Å². The molecule has 0 aliphatic heterocycles. The van der Waals surface area contributed by atoms with Crippen LogP contribution in [0.2, 0.25) is 0 Å². The Morgan fingerprint density at radius 1 is 1.19 bits per heavy atom. The number of hydrogen-bond acceptors (Lipinski definition) is 4. The Morgan fingerprint density at radius 2 is 1.85 bits per heavy atom. The van der Waals surface area contributed by atoms with E-state index in [-0.39, 0.29) is 23.4 Å². The van der Waals surface area contributed by atoms with Gasteiger partial charge in [0.05, 0.1) is 24.1 Å². The molecule has 1 amide bonds. The zero-order chi connectivity index (χ0) is 20.0. The molecule has 0 aliphatic carbocycles. The van der Waals surface area contributed by atoms with Gasteiger partial charge in [-0.25, -0.2) is 8.42 Å². The van der Waals surface area contributed by atoms with Crippen LogP contribution in [0.3, 0.4) is 0 Å². The SMILES string of the molecule is CCOc1ccc(S(=O)(=O)N(C)CC(=O)N[C@@H](C)c2ccccc2)cc1C. The lowest BCUT2D eigenvalue weighted by atomic mass is 10.1. The van der Waals surface area contributed by atoms with Crippen molar-refractivity contribution in [2.75, 3.05) is 20.2 Å². The Morgan fingerprint density at radius 3 is 2.44 bits per heavy atom. The van der Waals surface area contributed by atoms with E-state index in [4.69, 9.17) is 4.74 Å². The minimum atomic E-state index is -3.77. The molecule has 1 N–H and O–H groups in total. The van der Waals surface area contributed by atoms with Gasteiger partial charge in [-0.05, 0) is 50.1 Å². The van der Waals surface area contributed by atoms with Crippen molar-refractivity contribution < 1.29 is 17.9 Å². The predicted octanol–water partition coefficient (Wildman–Crippen LogP) is 2.89. The zero-order valence-corrected chi connectivity index (χ0v) is 16.9. The van der Waals surface area contributed by atoms with E-state index >= 15 is 0 Å². The maximum Gasteiger partial charge on any atom is 0.243 e. The van der Waals surface area contributed by atoms with Crippen molar-refractivity contribution in [2.24, 2.45) is 0 Å². The van der Waals surface area contributed by atoms with Crippen molar-refractivity contribution in [1.82, 2.24) is 9.62 Å². The highest BCUT2D eigenvalue weighted by Crippen LogP contribution is 2.23. The molecule has 2 aromatic carbocycles. The highest BCUT2D eigenvalue weighted by atomic mass is 32.2. The van der Waals surface area contributed by atoms with Crippen molar-refractivity contribution in [2.45, 2.75) is 31.7 Å². The summed E-state index contributed by atoms with van der Waals surface area (Å²) >= 11 is 0. The smallest absolute Gasteiger partial charge is 0.243 e. The van der Waals surface area contributed by atoms with Gasteiger partial charge in [-0.15, -0.1) is 0 Å². The van der Waals surface area contributed by atoms with Crippen LogP contribution in [-0.4, -0.2) is 38.8 Å². The summed E-state index contributed by atoms with van der Waals surface area (Å²) in [6.07, 6.45) is 0. The van der Waals surface area contributed by atoms with E-state index in [2.05, 4.69) is 5.32 Å². The molecule has 0 heterocycles. The second-order valence-electron chi connectivity index (χ2n) is 6.32. The number of carbonyl (C=O) groups excluding carboxylic acids is 1. The summed E-state index contributed by atoms with van der Waals surface area (Å²) in [5.41, 5.74) is 1.69. The third-order valence-electron chi connectivity index (χ3n) is 4.20. The first-order valence-electron chi connectivity index (χ1n) is 8.79. The monoisotopic (exact) mass is 390 g/mol. The first kappa shape index (κ1) is 20.9. The molecule has 0 bridgehead atoms. The lowest BCUT2D eigenvalue weighted by molar-refractivity contribution is -0.121. The van der Waals surface area contributed by atoms with E-state index in [0.29, 0.717) is 12.4 Å². The van der Waals surface area contributed by atoms with Gasteiger partial charge in [0, 0.05) is 7.05 Å². The first-order valence-corrected chi connectivity index (χ1v) is 10.2. The molecule has 2 aromatic rings. The second-order valence-corrected chi connectivity index (χ2v) is 8.37. The number of rotatable bonds is 8. The molecular weight excluding hydrogens is 364 g/mol. The van der Waals surface area contributed by atoms with Crippen molar-refractivity contribution in [3.63, 3.8) is 0 Å². The van der Waals surface area contributed by atoms with Gasteiger partial charge >= 0.3 is 0 Å². The first-order chi connectivity index (χ1) is 12.8. The Labute approximate surface area is 161 Å². The maximum absolute atomic E-state index is 12.7. The topological polar surface area (TPSA) is 75.7 Å². The van der Waals surface area contributed by atoms with Gasteiger partial charge in [-0.3, -0.25) is 4.79 Å². The minimum Gasteiger partial charge on any atom is -0.494 e. The summed E-state index contributed by atoms with van der Waals surface area (Å²) in [4.78, 5) is 12.4. The van der Waals surface area contributed by atoms with Gasteiger partial charge in [0.1, 0.15) is 5.75 Å². The molecule has 27 heavy (non-hydrogen) atoms. The molecule has 0 aromatic heterocycles. The summed E-state index contributed by atoms with van der Waals surface area (Å²) in [6, 6.07) is 14.0. The molecule has 0 aliphatic rings. The maximum atomic E-state index is 12.7. The van der Waals surface area contributed by atoms with Crippen LogP contribution in [0.1, 0.15) is 31.0 Å². The van der Waals surface area contributed by atoms with E-state index in [9.17, 15) is 13.2 Å². The fourth-order valence-corrected chi connectivity index (χ4v) is 3.89. The molecule has 0 spiro atoms. The van der Waals surface area contributed by atoms with Crippen LogP contribution in [0.4, 0.5) is 0 Å². The molecule has 2 rings (SSSR count). The van der Waals surface area contributed by atoms with E-state index in [1.807, 2.05) is 44.2 Å². The van der Waals surface area contributed by atoms with Crippen molar-refractivity contribution in [3.8, 4) is 5.75 Å². The molecule has 0 radical (unpaired) electrons. The van der Waals surface area contributed by atoms with Crippen molar-refractivity contribution in [1.29, 1.82) is 0 Å². The van der Waals surface area contributed by atoms with Gasteiger partial charge in [-0.1, -0.05) is 30.3 Å². The number of ether oxygens (including phenoxy) is 1. The number of likely N-dealkylation sites (N-methyl/N-ethyl adjacent to an activating group) is 1. The molecular formula is C20H26N2O4S. The molecule has 0 fully saturated rings. The number of amides is 1. The molecule has 1 atom stereocenters. The van der Waals surface area contributed by atoms with Crippen LogP contribution in [0, 0.1) is 6.92 Å². The molecule has 0 saturated heterocycles. The average Bonchev–Trinajstić information content (AvgIpc) is 2.64. The summed E-state index contributed by atoms with van der Waals surface area (Å²) < 4.78 is 32.0. The largest absolute Gasteiger partial charge is 0.494 e. The Bertz CT molecular complexity index is 882. The molecule has 0 saturated carbocycles. The fraction of sp³-hybridized carbons (Fsp3) is 0.350. The number of nitrogens with one attached hydrogen (secondary N) is 1. The Hall–Kier alpha value is -2.38. The van der Waals surface area contributed by atoms with E-state index < -0.39 is 10.0 Å². The number of carbonyl (C=O) groups is 1. The molecule has 0 unspecified atom stereocenters. The second kappa shape index (κ2) is 9.01. The van der Waals surface area contributed by atoms with Gasteiger partial charge in [0.25, 0.3) is 0 Å². The summed E-state index contributed by atoms with van der Waals surface area (Å²) in [7, 11) is -2.38. The number of benzene rings is 2. The normalized spacial score (nSPS) is 12.6. The van der Waals surface area contributed by atoms with Gasteiger partial charge in [0.15, 0.2) is 0 Å². The van der Waals surface area contributed by atoms with E-state index in [1.54, 1.807) is 19.1 Å². The third-order valence-corrected chi connectivity index (χ3v) is 6.00. The van der Waals surface area contributed by atoms with Gasteiger partial charge < -0.3 is 10.1 Å².